The summed E-state index contributed by atoms with van der Waals surface area (Å²) in [5.74, 6) is 0.571. The van der Waals surface area contributed by atoms with E-state index in [1.54, 1.807) is 0 Å². The van der Waals surface area contributed by atoms with Crippen LogP contribution in [-0.4, -0.2) is 31.4 Å². The number of fused-ring (bicyclic) bond motifs is 3. The molecule has 7 heteroatoms. The second-order valence-electron chi connectivity index (χ2n) is 6.36. The van der Waals surface area contributed by atoms with Crippen LogP contribution in [0.25, 0.3) is 22.1 Å². The van der Waals surface area contributed by atoms with Gasteiger partial charge in [-0.05, 0) is 30.7 Å². The molecular formula is C20H19N5OS. The van der Waals surface area contributed by atoms with Crippen LogP contribution in [0.2, 0.25) is 0 Å². The van der Waals surface area contributed by atoms with Crippen molar-refractivity contribution in [3.63, 3.8) is 0 Å². The van der Waals surface area contributed by atoms with Gasteiger partial charge in [-0.2, -0.15) is 0 Å². The minimum Gasteiger partial charge on any atom is -0.327 e. The average molecular weight is 377 g/mol. The van der Waals surface area contributed by atoms with Crippen LogP contribution in [0, 0.1) is 6.92 Å². The summed E-state index contributed by atoms with van der Waals surface area (Å²) in [7, 11) is 1.98. The molecule has 0 atom stereocenters. The molecule has 2 aromatic carbocycles. The molecule has 0 unspecified atom stereocenters. The smallest absolute Gasteiger partial charge is 0.225 e. The van der Waals surface area contributed by atoms with Crippen molar-refractivity contribution in [1.29, 1.82) is 0 Å². The minimum atomic E-state index is -0.0215. The summed E-state index contributed by atoms with van der Waals surface area (Å²) < 4.78 is 2.02. The summed E-state index contributed by atoms with van der Waals surface area (Å²) in [6, 6.07) is 15.8. The Kier molecular flexibility index (Phi) is 4.77. The van der Waals surface area contributed by atoms with Gasteiger partial charge in [0.2, 0.25) is 11.1 Å². The highest BCUT2D eigenvalue weighted by molar-refractivity contribution is 7.99. The molecule has 136 valence electrons. The molecule has 0 aliphatic rings. The summed E-state index contributed by atoms with van der Waals surface area (Å²) in [6.45, 7) is 2.00. The predicted molar refractivity (Wildman–Crippen MR) is 109 cm³/mol. The van der Waals surface area contributed by atoms with E-state index in [0.717, 1.165) is 33.3 Å². The molecule has 0 saturated heterocycles. The molecule has 1 amide bonds. The van der Waals surface area contributed by atoms with E-state index < -0.39 is 0 Å². The summed E-state index contributed by atoms with van der Waals surface area (Å²) in [6.07, 6.45) is 0.384. The second-order valence-corrected chi connectivity index (χ2v) is 7.42. The fourth-order valence-corrected chi connectivity index (χ4v) is 3.75. The maximum Gasteiger partial charge on any atom is 0.225 e. The van der Waals surface area contributed by atoms with Crippen molar-refractivity contribution in [3.05, 3.63) is 54.1 Å². The van der Waals surface area contributed by atoms with Crippen molar-refractivity contribution in [2.24, 2.45) is 7.05 Å². The number of para-hydroxylation sites is 1. The highest BCUT2D eigenvalue weighted by Crippen LogP contribution is 2.26. The molecule has 0 spiro atoms. The zero-order valence-corrected chi connectivity index (χ0v) is 16.0. The normalized spacial score (nSPS) is 11.2. The molecule has 27 heavy (non-hydrogen) atoms. The van der Waals surface area contributed by atoms with Gasteiger partial charge in [0, 0.05) is 30.3 Å². The Hall–Kier alpha value is -2.93. The van der Waals surface area contributed by atoms with Crippen LogP contribution in [0.3, 0.4) is 0 Å². The lowest BCUT2D eigenvalue weighted by Crippen LogP contribution is -2.12. The molecule has 0 radical (unpaired) electrons. The topological polar surface area (TPSA) is 72.7 Å². The van der Waals surface area contributed by atoms with E-state index in [0.29, 0.717) is 17.3 Å². The Bertz CT molecular complexity index is 1140. The van der Waals surface area contributed by atoms with E-state index in [1.165, 1.54) is 11.8 Å². The van der Waals surface area contributed by atoms with Crippen LogP contribution in [-0.2, 0) is 11.8 Å². The summed E-state index contributed by atoms with van der Waals surface area (Å²) in [5, 5.41) is 13.1. The number of nitrogens with one attached hydrogen (secondary N) is 1. The van der Waals surface area contributed by atoms with Crippen molar-refractivity contribution in [2.75, 3.05) is 11.1 Å². The third-order valence-corrected chi connectivity index (χ3v) is 5.19. The molecule has 2 heterocycles. The number of aryl methyl sites for hydroxylation is 2. The van der Waals surface area contributed by atoms with Gasteiger partial charge in [0.15, 0.2) is 5.65 Å². The number of thioether (sulfide) groups is 1. The van der Waals surface area contributed by atoms with Crippen LogP contribution >= 0.6 is 11.8 Å². The van der Waals surface area contributed by atoms with Gasteiger partial charge in [0.1, 0.15) is 5.52 Å². The third kappa shape index (κ3) is 3.64. The maximum atomic E-state index is 12.1. The first-order chi connectivity index (χ1) is 13.1. The number of rotatable bonds is 5. The van der Waals surface area contributed by atoms with Gasteiger partial charge in [0.05, 0.1) is 5.52 Å². The number of anilines is 1. The zero-order valence-electron chi connectivity index (χ0n) is 15.1. The van der Waals surface area contributed by atoms with Gasteiger partial charge in [-0.1, -0.05) is 42.1 Å². The standard InChI is InChI=1S/C20H19N5OS/c1-13-6-5-7-14(12-13)21-17(26)10-11-27-20-22-19-18(23-24-20)15-8-3-4-9-16(15)25(19)2/h3-9,12H,10-11H2,1-2H3,(H,21,26). The van der Waals surface area contributed by atoms with Crippen molar-refractivity contribution in [3.8, 4) is 0 Å². The molecule has 4 rings (SSSR count). The Morgan fingerprint density at radius 2 is 2.00 bits per heavy atom. The predicted octanol–water partition coefficient (Wildman–Crippen LogP) is 3.95. The fourth-order valence-electron chi connectivity index (χ4n) is 3.03. The van der Waals surface area contributed by atoms with Crippen molar-refractivity contribution in [2.45, 2.75) is 18.5 Å². The quantitative estimate of drug-likeness (QED) is 0.533. The van der Waals surface area contributed by atoms with E-state index in [4.69, 9.17) is 0 Å². The Morgan fingerprint density at radius 3 is 2.85 bits per heavy atom. The lowest BCUT2D eigenvalue weighted by molar-refractivity contribution is -0.115. The van der Waals surface area contributed by atoms with Crippen molar-refractivity contribution < 1.29 is 4.79 Å². The monoisotopic (exact) mass is 377 g/mol. The number of benzene rings is 2. The highest BCUT2D eigenvalue weighted by Gasteiger charge is 2.12. The Balaban J connectivity index is 1.42. The molecule has 0 bridgehead atoms. The van der Waals surface area contributed by atoms with E-state index in [9.17, 15) is 4.79 Å². The first-order valence-corrected chi connectivity index (χ1v) is 9.67. The number of aromatic nitrogens is 4. The Labute approximate surface area is 161 Å². The van der Waals surface area contributed by atoms with E-state index in [2.05, 4.69) is 20.5 Å². The molecular weight excluding hydrogens is 358 g/mol. The van der Waals surface area contributed by atoms with Gasteiger partial charge in [-0.15, -0.1) is 10.2 Å². The summed E-state index contributed by atoms with van der Waals surface area (Å²) in [5.41, 5.74) is 4.62. The molecule has 0 aliphatic heterocycles. The number of nitrogens with zero attached hydrogens (tertiary/aromatic N) is 4. The first-order valence-electron chi connectivity index (χ1n) is 8.69. The molecule has 2 aromatic heterocycles. The molecule has 6 nitrogen and oxygen atoms in total. The molecule has 1 N–H and O–H groups in total. The summed E-state index contributed by atoms with van der Waals surface area (Å²) in [4.78, 5) is 16.7. The number of carbonyl (C=O) groups is 1. The van der Waals surface area contributed by atoms with Gasteiger partial charge in [-0.3, -0.25) is 4.79 Å². The summed E-state index contributed by atoms with van der Waals surface area (Å²) >= 11 is 1.44. The van der Waals surface area contributed by atoms with Gasteiger partial charge < -0.3 is 9.88 Å². The molecule has 0 aliphatic carbocycles. The molecule has 0 fully saturated rings. The number of amides is 1. The molecule has 4 aromatic rings. The van der Waals surface area contributed by atoms with Crippen molar-refractivity contribution in [1.82, 2.24) is 19.7 Å². The average Bonchev–Trinajstić information content (AvgIpc) is 2.94. The number of hydrogen-bond donors (Lipinski definition) is 1. The fraction of sp³-hybridized carbons (Fsp3) is 0.200. The van der Waals surface area contributed by atoms with Crippen molar-refractivity contribution >= 4 is 45.4 Å². The van der Waals surface area contributed by atoms with E-state index in [-0.39, 0.29) is 5.91 Å². The van der Waals surface area contributed by atoms with Crippen LogP contribution in [0.1, 0.15) is 12.0 Å². The van der Waals surface area contributed by atoms with E-state index in [1.807, 2.05) is 67.1 Å². The number of carbonyl (C=O) groups excluding carboxylic acids is 1. The van der Waals surface area contributed by atoms with Crippen LogP contribution in [0.4, 0.5) is 5.69 Å². The van der Waals surface area contributed by atoms with Crippen LogP contribution in [0.15, 0.2) is 53.7 Å². The SMILES string of the molecule is Cc1cccc(NC(=O)CCSc2nnc3c4ccccc4n(C)c3n2)c1. The highest BCUT2D eigenvalue weighted by atomic mass is 32.2. The Morgan fingerprint density at radius 1 is 1.15 bits per heavy atom. The van der Waals surface area contributed by atoms with Gasteiger partial charge in [0.25, 0.3) is 0 Å². The van der Waals surface area contributed by atoms with Crippen LogP contribution in [0.5, 0.6) is 0 Å². The molecule has 0 saturated carbocycles. The second kappa shape index (κ2) is 7.36. The number of hydrogen-bond acceptors (Lipinski definition) is 5. The minimum absolute atomic E-state index is 0.0215. The van der Waals surface area contributed by atoms with Crippen LogP contribution < -0.4 is 5.32 Å². The van der Waals surface area contributed by atoms with E-state index >= 15 is 0 Å². The maximum absolute atomic E-state index is 12.1. The lowest BCUT2D eigenvalue weighted by Gasteiger charge is -2.05. The van der Waals surface area contributed by atoms with Gasteiger partial charge in [-0.25, -0.2) is 4.98 Å². The first kappa shape index (κ1) is 17.5. The largest absolute Gasteiger partial charge is 0.327 e. The third-order valence-electron chi connectivity index (χ3n) is 4.35. The zero-order chi connectivity index (χ0) is 18.8. The van der Waals surface area contributed by atoms with Gasteiger partial charge >= 0.3 is 0 Å². The lowest BCUT2D eigenvalue weighted by atomic mass is 10.2.